The summed E-state index contributed by atoms with van der Waals surface area (Å²) in [5, 5.41) is 0.687. The van der Waals surface area contributed by atoms with Crippen LogP contribution in [0.5, 0.6) is 0 Å². The van der Waals surface area contributed by atoms with Crippen LogP contribution in [0.3, 0.4) is 0 Å². The van der Waals surface area contributed by atoms with Crippen molar-refractivity contribution in [2.24, 2.45) is 0 Å². The minimum absolute atomic E-state index is 0.0968. The van der Waals surface area contributed by atoms with E-state index in [1.54, 1.807) is 11.3 Å². The van der Waals surface area contributed by atoms with E-state index in [2.05, 4.69) is 11.9 Å². The summed E-state index contributed by atoms with van der Waals surface area (Å²) in [7, 11) is 2.10. The van der Waals surface area contributed by atoms with E-state index in [0.717, 1.165) is 38.2 Å². The lowest BCUT2D eigenvalue weighted by molar-refractivity contribution is 0.0773. The molecule has 2 N–H and O–H groups in total. The lowest BCUT2D eigenvalue weighted by atomic mass is 10.0. The molecule has 18 heavy (non-hydrogen) atoms. The third-order valence-electron chi connectivity index (χ3n) is 3.54. The second-order valence-corrected chi connectivity index (χ2v) is 5.85. The first-order chi connectivity index (χ1) is 8.58. The van der Waals surface area contributed by atoms with Gasteiger partial charge in [0.1, 0.15) is 0 Å². The summed E-state index contributed by atoms with van der Waals surface area (Å²) in [5.74, 6) is 0.0968. The van der Waals surface area contributed by atoms with Gasteiger partial charge in [-0.2, -0.15) is 0 Å². The molecular weight excluding hydrogens is 246 g/mol. The van der Waals surface area contributed by atoms with Crippen molar-refractivity contribution < 1.29 is 4.79 Å². The molecular formula is C13H21N3OS. The number of rotatable bonds is 3. The van der Waals surface area contributed by atoms with Gasteiger partial charge in [0.15, 0.2) is 0 Å². The van der Waals surface area contributed by atoms with Crippen molar-refractivity contribution in [2.45, 2.75) is 26.8 Å². The Balaban J connectivity index is 2.37. The Hall–Kier alpha value is -1.07. The molecule has 1 aliphatic heterocycles. The maximum atomic E-state index is 12.5. The second-order valence-electron chi connectivity index (χ2n) is 4.71. The zero-order chi connectivity index (χ0) is 13.3. The van der Waals surface area contributed by atoms with E-state index in [9.17, 15) is 4.79 Å². The lowest BCUT2D eigenvalue weighted by Crippen LogP contribution is -2.32. The number of hydrogen-bond acceptors (Lipinski definition) is 4. The van der Waals surface area contributed by atoms with E-state index in [0.29, 0.717) is 5.00 Å². The van der Waals surface area contributed by atoms with Crippen LogP contribution in [0.4, 0.5) is 5.00 Å². The Morgan fingerprint density at radius 3 is 2.72 bits per heavy atom. The predicted molar refractivity (Wildman–Crippen MR) is 76.0 cm³/mol. The van der Waals surface area contributed by atoms with E-state index in [4.69, 9.17) is 5.73 Å². The van der Waals surface area contributed by atoms with E-state index in [1.165, 1.54) is 10.4 Å². The minimum Gasteiger partial charge on any atom is -0.390 e. The molecule has 2 heterocycles. The number of nitrogen functional groups attached to an aromatic ring is 1. The number of anilines is 1. The summed E-state index contributed by atoms with van der Waals surface area (Å²) in [4.78, 5) is 17.9. The summed E-state index contributed by atoms with van der Waals surface area (Å²) in [5.41, 5.74) is 8.02. The molecule has 2 rings (SSSR count). The Labute approximate surface area is 112 Å². The van der Waals surface area contributed by atoms with Crippen molar-refractivity contribution in [1.29, 1.82) is 0 Å². The highest BCUT2D eigenvalue weighted by Gasteiger charge is 2.27. The van der Waals surface area contributed by atoms with Crippen LogP contribution in [-0.4, -0.2) is 42.4 Å². The second kappa shape index (κ2) is 5.28. The number of carbonyl (C=O) groups excluding carboxylic acids is 1. The van der Waals surface area contributed by atoms with E-state index in [-0.39, 0.29) is 5.91 Å². The molecule has 1 amide bonds. The van der Waals surface area contributed by atoms with Crippen LogP contribution in [0, 0.1) is 0 Å². The molecule has 0 fully saturated rings. The van der Waals surface area contributed by atoms with Crippen molar-refractivity contribution in [2.75, 3.05) is 32.4 Å². The minimum atomic E-state index is 0.0968. The number of hydrogen-bond donors (Lipinski definition) is 1. The predicted octanol–water partition coefficient (Wildman–Crippen LogP) is 1.80. The Kier molecular flexibility index (Phi) is 3.92. The summed E-state index contributed by atoms with van der Waals surface area (Å²) < 4.78 is 0. The molecule has 0 atom stereocenters. The third kappa shape index (κ3) is 2.24. The quantitative estimate of drug-likeness (QED) is 0.908. The fraction of sp³-hybridized carbons (Fsp3) is 0.615. The number of likely N-dealkylation sites (N-methyl/N-ethyl adjacent to an activating group) is 1. The van der Waals surface area contributed by atoms with Gasteiger partial charge in [-0.1, -0.05) is 0 Å². The number of carbonyl (C=O) groups is 1. The number of amides is 1. The number of fused-ring (bicyclic) bond motifs is 1. The van der Waals surface area contributed by atoms with Crippen LogP contribution < -0.4 is 5.73 Å². The van der Waals surface area contributed by atoms with Gasteiger partial charge in [-0.15, -0.1) is 11.3 Å². The maximum absolute atomic E-state index is 12.5. The fourth-order valence-electron chi connectivity index (χ4n) is 2.46. The summed E-state index contributed by atoms with van der Waals surface area (Å²) >= 11 is 1.58. The monoisotopic (exact) mass is 267 g/mol. The standard InChI is InChI=1S/C13H21N3OS/c1-4-16(5-2)13(17)11-9-6-7-15(3)8-10(9)18-12(11)14/h4-8,14H2,1-3H3. The third-order valence-corrected chi connectivity index (χ3v) is 4.59. The maximum Gasteiger partial charge on any atom is 0.257 e. The Bertz CT molecular complexity index is 451. The lowest BCUT2D eigenvalue weighted by Gasteiger charge is -2.24. The molecule has 100 valence electrons. The highest BCUT2D eigenvalue weighted by Crippen LogP contribution is 2.35. The summed E-state index contributed by atoms with van der Waals surface area (Å²) in [6.45, 7) is 7.39. The van der Waals surface area contributed by atoms with Gasteiger partial charge in [-0.3, -0.25) is 4.79 Å². The summed E-state index contributed by atoms with van der Waals surface area (Å²) in [6, 6.07) is 0. The molecule has 0 saturated heterocycles. The average Bonchev–Trinajstić information content (AvgIpc) is 2.65. The molecule has 0 saturated carbocycles. The molecule has 0 spiro atoms. The SMILES string of the molecule is CCN(CC)C(=O)c1c(N)sc2c1CCN(C)C2. The first kappa shape index (κ1) is 13.4. The molecule has 0 aromatic carbocycles. The van der Waals surface area contributed by atoms with Crippen molar-refractivity contribution in [3.05, 3.63) is 16.0 Å². The zero-order valence-corrected chi connectivity index (χ0v) is 12.1. The van der Waals surface area contributed by atoms with Crippen LogP contribution in [0.15, 0.2) is 0 Å². The van der Waals surface area contributed by atoms with Gasteiger partial charge in [0.05, 0.1) is 10.6 Å². The normalized spacial score (nSPS) is 15.5. The first-order valence-corrected chi connectivity index (χ1v) is 7.27. The number of nitrogens with two attached hydrogens (primary N) is 1. The van der Waals surface area contributed by atoms with Gasteiger partial charge in [0, 0.05) is 31.1 Å². The molecule has 5 heteroatoms. The van der Waals surface area contributed by atoms with Crippen molar-refractivity contribution in [3.8, 4) is 0 Å². The fourth-order valence-corrected chi connectivity index (χ4v) is 3.65. The highest BCUT2D eigenvalue weighted by atomic mass is 32.1. The molecule has 0 radical (unpaired) electrons. The van der Waals surface area contributed by atoms with Gasteiger partial charge in [0.2, 0.25) is 0 Å². The van der Waals surface area contributed by atoms with E-state index < -0.39 is 0 Å². The van der Waals surface area contributed by atoms with Crippen LogP contribution in [-0.2, 0) is 13.0 Å². The topological polar surface area (TPSA) is 49.6 Å². The molecule has 0 unspecified atom stereocenters. The smallest absolute Gasteiger partial charge is 0.257 e. The van der Waals surface area contributed by atoms with Gasteiger partial charge in [-0.25, -0.2) is 0 Å². The largest absolute Gasteiger partial charge is 0.390 e. The molecule has 1 aromatic heterocycles. The Morgan fingerprint density at radius 2 is 2.11 bits per heavy atom. The summed E-state index contributed by atoms with van der Waals surface area (Å²) in [6.07, 6.45) is 0.932. The van der Waals surface area contributed by atoms with E-state index in [1.807, 2.05) is 18.7 Å². The Morgan fingerprint density at radius 1 is 1.44 bits per heavy atom. The molecule has 1 aromatic rings. The average molecular weight is 267 g/mol. The van der Waals surface area contributed by atoms with Crippen LogP contribution >= 0.6 is 11.3 Å². The van der Waals surface area contributed by atoms with Gasteiger partial charge >= 0.3 is 0 Å². The highest BCUT2D eigenvalue weighted by molar-refractivity contribution is 7.16. The number of thiophene rings is 1. The first-order valence-electron chi connectivity index (χ1n) is 6.46. The number of nitrogens with zero attached hydrogens (tertiary/aromatic N) is 2. The van der Waals surface area contributed by atoms with Crippen molar-refractivity contribution >= 4 is 22.2 Å². The van der Waals surface area contributed by atoms with Crippen molar-refractivity contribution in [1.82, 2.24) is 9.80 Å². The van der Waals surface area contributed by atoms with Gasteiger partial charge in [-0.05, 0) is 32.9 Å². The molecule has 0 bridgehead atoms. The molecule has 4 nitrogen and oxygen atoms in total. The van der Waals surface area contributed by atoms with Crippen LogP contribution in [0.25, 0.3) is 0 Å². The van der Waals surface area contributed by atoms with Crippen molar-refractivity contribution in [3.63, 3.8) is 0 Å². The van der Waals surface area contributed by atoms with Gasteiger partial charge < -0.3 is 15.5 Å². The molecule has 1 aliphatic rings. The van der Waals surface area contributed by atoms with E-state index >= 15 is 0 Å². The van der Waals surface area contributed by atoms with Crippen LogP contribution in [0.2, 0.25) is 0 Å². The molecule has 0 aliphatic carbocycles. The van der Waals surface area contributed by atoms with Crippen LogP contribution in [0.1, 0.15) is 34.6 Å². The zero-order valence-electron chi connectivity index (χ0n) is 11.3. The van der Waals surface area contributed by atoms with Gasteiger partial charge in [0.25, 0.3) is 5.91 Å².